The molecule has 3 heteroatoms. The molecule has 0 aromatic carbocycles. The lowest BCUT2D eigenvalue weighted by Gasteiger charge is -2.29. The number of anilines is 1. The highest BCUT2D eigenvalue weighted by atomic mass is 15.2. The van der Waals surface area contributed by atoms with E-state index in [4.69, 9.17) is 5.26 Å². The van der Waals surface area contributed by atoms with Crippen molar-refractivity contribution >= 4 is 5.69 Å². The molecular weight excluding hydrogens is 198 g/mol. The van der Waals surface area contributed by atoms with Gasteiger partial charge in [-0.25, -0.2) is 4.98 Å². The zero-order valence-corrected chi connectivity index (χ0v) is 9.85. The van der Waals surface area contributed by atoms with Gasteiger partial charge in [-0.05, 0) is 44.7 Å². The number of pyridine rings is 1. The SMILES string of the molecule is CC(C)N(CC1CC1)c1ccnc(C#N)c1. The van der Waals surface area contributed by atoms with Gasteiger partial charge in [0.15, 0.2) is 0 Å². The van der Waals surface area contributed by atoms with Crippen LogP contribution in [0.5, 0.6) is 0 Å². The fraction of sp³-hybridized carbons (Fsp3) is 0.538. The molecule has 3 nitrogen and oxygen atoms in total. The number of aromatic nitrogens is 1. The summed E-state index contributed by atoms with van der Waals surface area (Å²) in [6, 6.07) is 6.43. The molecule has 1 fully saturated rings. The van der Waals surface area contributed by atoms with E-state index in [0.717, 1.165) is 18.2 Å². The molecular formula is C13H17N3. The maximum Gasteiger partial charge on any atom is 0.142 e. The van der Waals surface area contributed by atoms with Crippen molar-refractivity contribution in [3.8, 4) is 6.07 Å². The molecule has 16 heavy (non-hydrogen) atoms. The van der Waals surface area contributed by atoms with E-state index in [1.165, 1.54) is 12.8 Å². The van der Waals surface area contributed by atoms with Gasteiger partial charge >= 0.3 is 0 Å². The molecule has 1 aromatic rings. The van der Waals surface area contributed by atoms with Crippen LogP contribution in [0.2, 0.25) is 0 Å². The van der Waals surface area contributed by atoms with E-state index in [2.05, 4.69) is 29.8 Å². The summed E-state index contributed by atoms with van der Waals surface area (Å²) in [5.74, 6) is 0.848. The molecule has 1 aliphatic rings. The van der Waals surface area contributed by atoms with Crippen molar-refractivity contribution in [2.45, 2.75) is 32.7 Å². The van der Waals surface area contributed by atoms with E-state index in [9.17, 15) is 0 Å². The summed E-state index contributed by atoms with van der Waals surface area (Å²) >= 11 is 0. The van der Waals surface area contributed by atoms with Gasteiger partial charge in [0, 0.05) is 24.5 Å². The number of hydrogen-bond donors (Lipinski definition) is 0. The molecule has 0 N–H and O–H groups in total. The molecule has 0 atom stereocenters. The highest BCUT2D eigenvalue weighted by Gasteiger charge is 2.25. The maximum absolute atomic E-state index is 8.85. The van der Waals surface area contributed by atoms with Gasteiger partial charge in [-0.3, -0.25) is 0 Å². The molecule has 1 heterocycles. The van der Waals surface area contributed by atoms with Gasteiger partial charge in [0.1, 0.15) is 11.8 Å². The van der Waals surface area contributed by atoms with Crippen LogP contribution in [0.3, 0.4) is 0 Å². The number of hydrogen-bond acceptors (Lipinski definition) is 3. The minimum absolute atomic E-state index is 0.467. The average molecular weight is 215 g/mol. The largest absolute Gasteiger partial charge is 0.369 e. The van der Waals surface area contributed by atoms with Crippen LogP contribution in [0, 0.1) is 17.2 Å². The van der Waals surface area contributed by atoms with E-state index < -0.39 is 0 Å². The molecule has 2 rings (SSSR count). The van der Waals surface area contributed by atoms with Crippen molar-refractivity contribution in [2.75, 3.05) is 11.4 Å². The zero-order chi connectivity index (χ0) is 11.5. The Balaban J connectivity index is 2.19. The van der Waals surface area contributed by atoms with E-state index >= 15 is 0 Å². The predicted octanol–water partition coefficient (Wildman–Crippen LogP) is 2.58. The van der Waals surface area contributed by atoms with Gasteiger partial charge < -0.3 is 4.90 Å². The predicted molar refractivity (Wildman–Crippen MR) is 64.2 cm³/mol. The van der Waals surface area contributed by atoms with Crippen molar-refractivity contribution in [3.05, 3.63) is 24.0 Å². The molecule has 1 aliphatic carbocycles. The highest BCUT2D eigenvalue weighted by molar-refractivity contribution is 5.49. The summed E-state index contributed by atoms with van der Waals surface area (Å²) in [5.41, 5.74) is 1.62. The lowest BCUT2D eigenvalue weighted by Crippen LogP contribution is -2.32. The second kappa shape index (κ2) is 4.52. The van der Waals surface area contributed by atoms with Crippen molar-refractivity contribution in [1.82, 2.24) is 4.98 Å². The molecule has 0 bridgehead atoms. The summed E-state index contributed by atoms with van der Waals surface area (Å²) in [6.07, 6.45) is 4.41. The molecule has 0 amide bonds. The second-order valence-corrected chi connectivity index (χ2v) is 4.70. The molecule has 84 valence electrons. The normalized spacial score (nSPS) is 14.9. The molecule has 0 aliphatic heterocycles. The van der Waals surface area contributed by atoms with E-state index in [0.29, 0.717) is 11.7 Å². The Morgan fingerprint density at radius 2 is 2.31 bits per heavy atom. The number of nitrogens with zero attached hydrogens (tertiary/aromatic N) is 3. The summed E-state index contributed by atoms with van der Waals surface area (Å²) in [7, 11) is 0. The van der Waals surface area contributed by atoms with E-state index in [1.807, 2.05) is 12.1 Å². The van der Waals surface area contributed by atoms with Crippen LogP contribution in [0.4, 0.5) is 5.69 Å². The standard InChI is InChI=1S/C13H17N3/c1-10(2)16(9-11-3-4-11)13-5-6-15-12(7-13)8-14/h5-7,10-11H,3-4,9H2,1-2H3. The fourth-order valence-electron chi connectivity index (χ4n) is 1.85. The van der Waals surface area contributed by atoms with Crippen LogP contribution in [0.25, 0.3) is 0 Å². The van der Waals surface area contributed by atoms with Crippen molar-refractivity contribution in [3.63, 3.8) is 0 Å². The third kappa shape index (κ3) is 2.52. The topological polar surface area (TPSA) is 39.9 Å². The summed E-state index contributed by atoms with van der Waals surface area (Å²) in [5, 5.41) is 8.85. The summed E-state index contributed by atoms with van der Waals surface area (Å²) in [6.45, 7) is 5.48. The van der Waals surface area contributed by atoms with Gasteiger partial charge in [0.25, 0.3) is 0 Å². The van der Waals surface area contributed by atoms with Gasteiger partial charge in [0.05, 0.1) is 0 Å². The van der Waals surface area contributed by atoms with Crippen LogP contribution in [-0.4, -0.2) is 17.6 Å². The van der Waals surface area contributed by atoms with Crippen LogP contribution in [-0.2, 0) is 0 Å². The van der Waals surface area contributed by atoms with Crippen LogP contribution >= 0.6 is 0 Å². The van der Waals surface area contributed by atoms with Gasteiger partial charge in [-0.15, -0.1) is 0 Å². The first-order valence-corrected chi connectivity index (χ1v) is 5.83. The summed E-state index contributed by atoms with van der Waals surface area (Å²) < 4.78 is 0. The first-order valence-electron chi connectivity index (χ1n) is 5.83. The molecule has 0 saturated heterocycles. The monoisotopic (exact) mass is 215 g/mol. The van der Waals surface area contributed by atoms with Crippen molar-refractivity contribution in [1.29, 1.82) is 5.26 Å². The quantitative estimate of drug-likeness (QED) is 0.775. The summed E-state index contributed by atoms with van der Waals surface area (Å²) in [4.78, 5) is 6.37. The Kier molecular flexibility index (Phi) is 3.09. The smallest absolute Gasteiger partial charge is 0.142 e. The lowest BCUT2D eigenvalue weighted by atomic mass is 10.2. The Morgan fingerprint density at radius 1 is 1.56 bits per heavy atom. The van der Waals surface area contributed by atoms with E-state index in [-0.39, 0.29) is 0 Å². The minimum Gasteiger partial charge on any atom is -0.369 e. The van der Waals surface area contributed by atoms with Gasteiger partial charge in [-0.1, -0.05) is 0 Å². The van der Waals surface area contributed by atoms with Crippen LogP contribution in [0.1, 0.15) is 32.4 Å². The van der Waals surface area contributed by atoms with Crippen molar-refractivity contribution in [2.24, 2.45) is 5.92 Å². The maximum atomic E-state index is 8.85. The molecule has 0 spiro atoms. The second-order valence-electron chi connectivity index (χ2n) is 4.70. The first-order chi connectivity index (χ1) is 7.70. The first kappa shape index (κ1) is 10.9. The van der Waals surface area contributed by atoms with Crippen LogP contribution < -0.4 is 4.90 Å². The Bertz CT molecular complexity index is 402. The molecule has 1 saturated carbocycles. The molecule has 1 aromatic heterocycles. The third-order valence-electron chi connectivity index (χ3n) is 2.96. The number of nitriles is 1. The Hall–Kier alpha value is -1.56. The Labute approximate surface area is 96.7 Å². The Morgan fingerprint density at radius 3 is 2.88 bits per heavy atom. The van der Waals surface area contributed by atoms with E-state index in [1.54, 1.807) is 6.20 Å². The van der Waals surface area contributed by atoms with Crippen molar-refractivity contribution < 1.29 is 0 Å². The van der Waals surface area contributed by atoms with Gasteiger partial charge in [-0.2, -0.15) is 5.26 Å². The third-order valence-corrected chi connectivity index (χ3v) is 2.96. The molecule has 0 unspecified atom stereocenters. The highest BCUT2D eigenvalue weighted by Crippen LogP contribution is 2.32. The lowest BCUT2D eigenvalue weighted by molar-refractivity contribution is 0.644. The van der Waals surface area contributed by atoms with Gasteiger partial charge in [0.2, 0.25) is 0 Å². The van der Waals surface area contributed by atoms with Crippen LogP contribution in [0.15, 0.2) is 18.3 Å². The minimum atomic E-state index is 0.467. The molecule has 0 radical (unpaired) electrons. The number of rotatable bonds is 4. The zero-order valence-electron chi connectivity index (χ0n) is 9.85. The fourth-order valence-corrected chi connectivity index (χ4v) is 1.85. The average Bonchev–Trinajstić information content (AvgIpc) is 3.09.